The van der Waals surface area contributed by atoms with Crippen molar-refractivity contribution in [1.29, 1.82) is 0 Å². The van der Waals surface area contributed by atoms with Crippen LogP contribution in [0, 0.1) is 5.92 Å². The molecule has 0 N–H and O–H groups in total. The van der Waals surface area contributed by atoms with E-state index in [0.717, 1.165) is 6.42 Å². The Morgan fingerprint density at radius 3 is 2.33 bits per heavy atom. The average molecular weight is 274 g/mol. The van der Waals surface area contributed by atoms with Gasteiger partial charge in [-0.25, -0.2) is 0 Å². The fourth-order valence-corrected chi connectivity index (χ4v) is 1.73. The van der Waals surface area contributed by atoms with Crippen LogP contribution in [0.2, 0.25) is 0 Å². The Balaban J connectivity index is 4.54. The third kappa shape index (κ3) is 5.40. The lowest BCUT2D eigenvalue weighted by molar-refractivity contribution is -0.134. The Bertz CT molecular complexity index is 300. The molecule has 0 saturated heterocycles. The van der Waals surface area contributed by atoms with E-state index in [-0.39, 0.29) is 22.6 Å². The van der Waals surface area contributed by atoms with Gasteiger partial charge in [-0.05, 0) is 34.1 Å². The van der Waals surface area contributed by atoms with Gasteiger partial charge in [-0.15, -0.1) is 0 Å². The standard InChI is InChI=1S/C13H26N2O2S/c1-8-10(2)12(16)15(7)11(3)9-14-18(17)13(4,5)6/h9-11H,8H2,1-7H3/b14-9+/t10?,11?,18-/m1/s1. The Labute approximate surface area is 114 Å². The number of nitrogens with zero attached hydrogens (tertiary/aromatic N) is 2. The summed E-state index contributed by atoms with van der Waals surface area (Å²) in [5.41, 5.74) is 0. The van der Waals surface area contributed by atoms with Gasteiger partial charge in [0.25, 0.3) is 0 Å². The molecule has 0 spiro atoms. The zero-order chi connectivity index (χ0) is 14.5. The predicted octanol–water partition coefficient (Wildman–Crippen LogP) is 2.41. The van der Waals surface area contributed by atoms with E-state index in [1.54, 1.807) is 18.2 Å². The van der Waals surface area contributed by atoms with E-state index in [1.807, 2.05) is 41.5 Å². The molecular weight excluding hydrogens is 248 g/mol. The van der Waals surface area contributed by atoms with Gasteiger partial charge in [0.15, 0.2) is 0 Å². The summed E-state index contributed by atoms with van der Waals surface area (Å²) in [6.07, 6.45) is 2.42. The highest BCUT2D eigenvalue weighted by molar-refractivity contribution is 7.91. The van der Waals surface area contributed by atoms with E-state index < -0.39 is 11.4 Å². The van der Waals surface area contributed by atoms with E-state index in [2.05, 4.69) is 4.40 Å². The van der Waals surface area contributed by atoms with Crippen LogP contribution in [0.1, 0.15) is 48.0 Å². The minimum absolute atomic E-state index is 0.0129. The smallest absolute Gasteiger partial charge is 0.225 e. The third-order valence-electron chi connectivity index (χ3n) is 2.89. The second-order valence-corrected chi connectivity index (χ2v) is 7.55. The quantitative estimate of drug-likeness (QED) is 0.571. The minimum atomic E-state index is -1.27. The highest BCUT2D eigenvalue weighted by Crippen LogP contribution is 2.16. The Hall–Kier alpha value is -0.550. The van der Waals surface area contributed by atoms with Crippen LogP contribution in [0.5, 0.6) is 0 Å². The van der Waals surface area contributed by atoms with Crippen molar-refractivity contribution in [2.75, 3.05) is 7.05 Å². The number of amides is 1. The van der Waals surface area contributed by atoms with E-state index in [9.17, 15) is 9.35 Å². The minimum Gasteiger partial charge on any atom is -0.591 e. The zero-order valence-corrected chi connectivity index (χ0v) is 13.4. The van der Waals surface area contributed by atoms with Gasteiger partial charge in [-0.2, -0.15) is 0 Å². The number of hydrogen-bond acceptors (Lipinski definition) is 3. The Kier molecular flexibility index (Phi) is 6.92. The van der Waals surface area contributed by atoms with Gasteiger partial charge in [0.1, 0.15) is 16.1 Å². The summed E-state index contributed by atoms with van der Waals surface area (Å²) >= 11 is -1.27. The monoisotopic (exact) mass is 274 g/mol. The van der Waals surface area contributed by atoms with Gasteiger partial charge in [-0.3, -0.25) is 4.79 Å². The lowest BCUT2D eigenvalue weighted by Gasteiger charge is -2.25. The maximum atomic E-state index is 11.9. The molecule has 0 heterocycles. The molecule has 3 atom stereocenters. The highest BCUT2D eigenvalue weighted by atomic mass is 32.2. The van der Waals surface area contributed by atoms with Gasteiger partial charge in [0.2, 0.25) is 5.91 Å². The Morgan fingerprint density at radius 1 is 1.44 bits per heavy atom. The lowest BCUT2D eigenvalue weighted by atomic mass is 10.1. The number of rotatable bonds is 5. The topological polar surface area (TPSA) is 55.7 Å². The largest absolute Gasteiger partial charge is 0.591 e. The van der Waals surface area contributed by atoms with Crippen LogP contribution in [-0.4, -0.2) is 39.4 Å². The van der Waals surface area contributed by atoms with Crippen molar-refractivity contribution in [2.24, 2.45) is 10.3 Å². The molecule has 2 unspecified atom stereocenters. The first-order valence-electron chi connectivity index (χ1n) is 6.34. The molecule has 0 aliphatic rings. The fourth-order valence-electron chi connectivity index (χ4n) is 1.12. The van der Waals surface area contributed by atoms with Crippen LogP contribution in [0.25, 0.3) is 0 Å². The second kappa shape index (κ2) is 7.14. The maximum absolute atomic E-state index is 11.9. The van der Waals surface area contributed by atoms with Crippen molar-refractivity contribution < 1.29 is 9.35 Å². The molecule has 1 amide bonds. The lowest BCUT2D eigenvalue weighted by Crippen LogP contribution is -2.39. The summed E-state index contributed by atoms with van der Waals surface area (Å²) in [7, 11) is 1.76. The van der Waals surface area contributed by atoms with Crippen molar-refractivity contribution in [3.05, 3.63) is 0 Å². The van der Waals surface area contributed by atoms with Crippen molar-refractivity contribution in [2.45, 2.75) is 58.8 Å². The van der Waals surface area contributed by atoms with Crippen molar-refractivity contribution in [3.8, 4) is 0 Å². The molecule has 0 aromatic heterocycles. The molecule has 0 aliphatic heterocycles. The van der Waals surface area contributed by atoms with Crippen LogP contribution < -0.4 is 0 Å². The summed E-state index contributed by atoms with van der Waals surface area (Å²) in [6.45, 7) is 11.4. The van der Waals surface area contributed by atoms with Gasteiger partial charge in [0, 0.05) is 13.0 Å². The van der Waals surface area contributed by atoms with E-state index in [4.69, 9.17) is 0 Å². The predicted molar refractivity (Wildman–Crippen MR) is 78.1 cm³/mol. The molecule has 5 heteroatoms. The van der Waals surface area contributed by atoms with Crippen LogP contribution in [0.4, 0.5) is 0 Å². The molecule has 18 heavy (non-hydrogen) atoms. The number of carbonyl (C=O) groups excluding carboxylic acids is 1. The SMILES string of the molecule is CCC(C)C(=O)N(C)C(C)/C=N/[S@+]([O-])C(C)(C)C. The number of hydrogen-bond donors (Lipinski definition) is 0. The molecule has 0 aromatic carbocycles. The van der Waals surface area contributed by atoms with E-state index >= 15 is 0 Å². The van der Waals surface area contributed by atoms with Crippen molar-refractivity contribution >= 4 is 23.5 Å². The zero-order valence-electron chi connectivity index (χ0n) is 12.6. The molecule has 0 saturated carbocycles. The van der Waals surface area contributed by atoms with Crippen LogP contribution in [0.15, 0.2) is 4.40 Å². The fraction of sp³-hybridized carbons (Fsp3) is 0.846. The normalized spacial score (nSPS) is 17.6. The Morgan fingerprint density at radius 2 is 1.94 bits per heavy atom. The van der Waals surface area contributed by atoms with Crippen LogP contribution >= 0.6 is 0 Å². The van der Waals surface area contributed by atoms with E-state index in [0.29, 0.717) is 0 Å². The molecule has 0 fully saturated rings. The van der Waals surface area contributed by atoms with Crippen molar-refractivity contribution in [1.82, 2.24) is 4.90 Å². The molecule has 0 bridgehead atoms. The second-order valence-electron chi connectivity index (χ2n) is 5.62. The summed E-state index contributed by atoms with van der Waals surface area (Å²) < 4.78 is 15.4. The first kappa shape index (κ1) is 17.4. The summed E-state index contributed by atoms with van der Waals surface area (Å²) in [6, 6.07) is -0.141. The van der Waals surface area contributed by atoms with Gasteiger partial charge in [0.05, 0.1) is 12.3 Å². The molecule has 0 radical (unpaired) electrons. The van der Waals surface area contributed by atoms with Crippen LogP contribution in [-0.2, 0) is 16.2 Å². The van der Waals surface area contributed by atoms with Gasteiger partial charge in [-0.1, -0.05) is 18.2 Å². The third-order valence-corrected chi connectivity index (χ3v) is 4.25. The number of carbonyl (C=O) groups is 1. The molecule has 0 aliphatic carbocycles. The first-order valence-corrected chi connectivity index (χ1v) is 7.44. The van der Waals surface area contributed by atoms with Crippen molar-refractivity contribution in [3.63, 3.8) is 0 Å². The highest BCUT2D eigenvalue weighted by Gasteiger charge is 2.26. The molecule has 0 aromatic rings. The molecular formula is C13H26N2O2S. The van der Waals surface area contributed by atoms with Gasteiger partial charge >= 0.3 is 0 Å². The van der Waals surface area contributed by atoms with E-state index in [1.165, 1.54) is 0 Å². The summed E-state index contributed by atoms with van der Waals surface area (Å²) in [5.74, 6) is 0.108. The first-order chi connectivity index (χ1) is 8.11. The molecule has 4 nitrogen and oxygen atoms in total. The molecule has 106 valence electrons. The summed E-state index contributed by atoms with van der Waals surface area (Å²) in [4.78, 5) is 13.6. The average Bonchev–Trinajstić information content (AvgIpc) is 2.31. The van der Waals surface area contributed by atoms with Gasteiger partial charge < -0.3 is 9.45 Å². The maximum Gasteiger partial charge on any atom is 0.225 e. The van der Waals surface area contributed by atoms with Crippen LogP contribution in [0.3, 0.4) is 0 Å². The summed E-state index contributed by atoms with van der Waals surface area (Å²) in [5, 5.41) is 0. The molecule has 0 rings (SSSR count).